The lowest BCUT2D eigenvalue weighted by Gasteiger charge is -2.21. The first kappa shape index (κ1) is 21.8. The number of nitrogens with two attached hydrogens (primary N) is 2. The van der Waals surface area contributed by atoms with Gasteiger partial charge in [0, 0.05) is 12.3 Å². The molecular formula is C20H31N3O3. The Balaban J connectivity index is 2.72. The highest BCUT2D eigenvalue weighted by Gasteiger charge is 2.26. The van der Waals surface area contributed by atoms with Crippen LogP contribution in [-0.4, -0.2) is 30.2 Å². The van der Waals surface area contributed by atoms with E-state index < -0.39 is 17.9 Å². The molecule has 0 aromatic heterocycles. The van der Waals surface area contributed by atoms with E-state index >= 15 is 0 Å². The molecule has 144 valence electrons. The van der Waals surface area contributed by atoms with E-state index in [1.54, 1.807) is 0 Å². The molecule has 0 heterocycles. The van der Waals surface area contributed by atoms with Crippen LogP contribution in [0, 0.1) is 11.8 Å². The number of nitrogens with one attached hydrogen (secondary N) is 1. The molecule has 1 aromatic carbocycles. The summed E-state index contributed by atoms with van der Waals surface area (Å²) in [6, 6.07) is 8.70. The predicted octanol–water partition coefficient (Wildman–Crippen LogP) is 1.56. The minimum absolute atomic E-state index is 0.0500. The van der Waals surface area contributed by atoms with Crippen LogP contribution in [0.15, 0.2) is 30.3 Å². The second-order valence-corrected chi connectivity index (χ2v) is 7.11. The fourth-order valence-electron chi connectivity index (χ4n) is 2.92. The molecule has 0 radical (unpaired) electrons. The van der Waals surface area contributed by atoms with Gasteiger partial charge in [0.2, 0.25) is 11.8 Å². The summed E-state index contributed by atoms with van der Waals surface area (Å²) in [4.78, 5) is 36.6. The van der Waals surface area contributed by atoms with Crippen LogP contribution in [0.3, 0.4) is 0 Å². The number of ketones is 1. The van der Waals surface area contributed by atoms with Crippen molar-refractivity contribution in [2.24, 2.45) is 23.3 Å². The van der Waals surface area contributed by atoms with E-state index in [-0.39, 0.29) is 30.4 Å². The Morgan fingerprint density at radius 3 is 2.31 bits per heavy atom. The third kappa shape index (κ3) is 8.25. The van der Waals surface area contributed by atoms with Gasteiger partial charge in [-0.05, 0) is 37.3 Å². The van der Waals surface area contributed by atoms with Gasteiger partial charge in [-0.25, -0.2) is 0 Å². The minimum atomic E-state index is -0.635. The summed E-state index contributed by atoms with van der Waals surface area (Å²) < 4.78 is 0. The molecule has 0 fully saturated rings. The van der Waals surface area contributed by atoms with Crippen LogP contribution in [0.4, 0.5) is 0 Å². The van der Waals surface area contributed by atoms with E-state index in [2.05, 4.69) is 5.32 Å². The Kier molecular flexibility index (Phi) is 9.58. The Hall–Kier alpha value is -2.21. The summed E-state index contributed by atoms with van der Waals surface area (Å²) in [6.07, 6.45) is 1.89. The van der Waals surface area contributed by atoms with Crippen LogP contribution in [0.5, 0.6) is 0 Å². The van der Waals surface area contributed by atoms with Gasteiger partial charge in [0.25, 0.3) is 0 Å². The number of hydrogen-bond acceptors (Lipinski definition) is 4. The van der Waals surface area contributed by atoms with Gasteiger partial charge in [-0.3, -0.25) is 14.4 Å². The van der Waals surface area contributed by atoms with Gasteiger partial charge >= 0.3 is 0 Å². The van der Waals surface area contributed by atoms with Crippen molar-refractivity contribution in [1.29, 1.82) is 0 Å². The molecule has 1 rings (SSSR count). The maximum atomic E-state index is 12.7. The molecule has 0 spiro atoms. The fraction of sp³-hybridized carbons (Fsp3) is 0.550. The molecule has 0 unspecified atom stereocenters. The highest BCUT2D eigenvalue weighted by atomic mass is 16.2. The largest absolute Gasteiger partial charge is 0.369 e. The second kappa shape index (κ2) is 11.4. The normalized spacial score (nSPS) is 13.2. The number of carbonyl (C=O) groups is 3. The zero-order valence-corrected chi connectivity index (χ0v) is 15.7. The molecule has 2 atom stereocenters. The molecule has 1 aromatic rings. The lowest BCUT2D eigenvalue weighted by molar-refractivity contribution is -0.131. The molecule has 26 heavy (non-hydrogen) atoms. The number of primary amides is 1. The third-order valence-corrected chi connectivity index (χ3v) is 4.23. The zero-order valence-electron chi connectivity index (χ0n) is 15.7. The Morgan fingerprint density at radius 2 is 1.77 bits per heavy atom. The van der Waals surface area contributed by atoms with Crippen molar-refractivity contribution in [2.45, 2.75) is 52.0 Å². The van der Waals surface area contributed by atoms with Gasteiger partial charge in [-0.15, -0.1) is 0 Å². The maximum absolute atomic E-state index is 12.7. The average Bonchev–Trinajstić information content (AvgIpc) is 2.58. The van der Waals surface area contributed by atoms with Gasteiger partial charge in [-0.2, -0.15) is 0 Å². The average molecular weight is 361 g/mol. The van der Waals surface area contributed by atoms with Crippen molar-refractivity contribution in [2.75, 3.05) is 6.54 Å². The van der Waals surface area contributed by atoms with E-state index in [1.807, 2.05) is 44.2 Å². The van der Waals surface area contributed by atoms with Crippen molar-refractivity contribution in [1.82, 2.24) is 5.32 Å². The SMILES string of the molecule is CC(C)C[C@H](CC(=O)[C@H](CCCN)NC(=O)Cc1ccccc1)C(N)=O. The van der Waals surface area contributed by atoms with E-state index in [0.29, 0.717) is 25.8 Å². The van der Waals surface area contributed by atoms with E-state index in [4.69, 9.17) is 11.5 Å². The number of carbonyl (C=O) groups excluding carboxylic acids is 3. The van der Waals surface area contributed by atoms with Crippen LogP contribution in [0.2, 0.25) is 0 Å². The highest BCUT2D eigenvalue weighted by Crippen LogP contribution is 2.17. The molecule has 0 saturated carbocycles. The summed E-state index contributed by atoms with van der Waals surface area (Å²) in [6.45, 7) is 4.39. The zero-order chi connectivity index (χ0) is 19.5. The standard InChI is InChI=1S/C20H31N3O3/c1-14(2)11-16(20(22)26)13-18(24)17(9-6-10-21)23-19(25)12-15-7-4-3-5-8-15/h3-5,7-8,14,16-17H,6,9-13,21H2,1-2H3,(H2,22,26)(H,23,25)/t16-,17+/m1/s1. The first-order valence-electron chi connectivity index (χ1n) is 9.18. The molecule has 0 bridgehead atoms. The predicted molar refractivity (Wildman–Crippen MR) is 102 cm³/mol. The lowest BCUT2D eigenvalue weighted by Crippen LogP contribution is -2.43. The molecule has 0 saturated heterocycles. The number of Topliss-reactive ketones (excluding diaryl/α,β-unsaturated/α-hetero) is 1. The van der Waals surface area contributed by atoms with E-state index in [1.165, 1.54) is 0 Å². The summed E-state index contributed by atoms with van der Waals surface area (Å²) in [5.41, 5.74) is 11.9. The van der Waals surface area contributed by atoms with Crippen LogP contribution < -0.4 is 16.8 Å². The van der Waals surface area contributed by atoms with Crippen molar-refractivity contribution in [3.8, 4) is 0 Å². The van der Waals surface area contributed by atoms with Crippen LogP contribution >= 0.6 is 0 Å². The minimum Gasteiger partial charge on any atom is -0.369 e. The monoisotopic (exact) mass is 361 g/mol. The summed E-state index contributed by atoms with van der Waals surface area (Å²) >= 11 is 0. The molecule has 0 aliphatic rings. The van der Waals surface area contributed by atoms with Gasteiger partial charge in [-0.1, -0.05) is 44.2 Å². The van der Waals surface area contributed by atoms with Gasteiger partial charge in [0.1, 0.15) is 0 Å². The fourth-order valence-corrected chi connectivity index (χ4v) is 2.92. The smallest absolute Gasteiger partial charge is 0.224 e. The topological polar surface area (TPSA) is 115 Å². The van der Waals surface area contributed by atoms with Gasteiger partial charge in [0.15, 0.2) is 5.78 Å². The molecule has 0 aliphatic heterocycles. The molecular weight excluding hydrogens is 330 g/mol. The molecule has 0 aliphatic carbocycles. The summed E-state index contributed by atoms with van der Waals surface area (Å²) in [7, 11) is 0. The van der Waals surface area contributed by atoms with Crippen molar-refractivity contribution < 1.29 is 14.4 Å². The number of hydrogen-bond donors (Lipinski definition) is 3. The summed E-state index contributed by atoms with van der Waals surface area (Å²) in [5, 5.41) is 2.80. The Bertz CT molecular complexity index is 587. The Labute approximate surface area is 155 Å². The van der Waals surface area contributed by atoms with Gasteiger partial charge < -0.3 is 16.8 Å². The quantitative estimate of drug-likeness (QED) is 0.524. The number of amides is 2. The summed E-state index contributed by atoms with van der Waals surface area (Å²) in [5.74, 6) is -1.10. The molecule has 6 nitrogen and oxygen atoms in total. The third-order valence-electron chi connectivity index (χ3n) is 4.23. The second-order valence-electron chi connectivity index (χ2n) is 7.11. The first-order chi connectivity index (χ1) is 12.3. The lowest BCUT2D eigenvalue weighted by atomic mass is 9.89. The number of benzene rings is 1. The number of rotatable bonds is 12. The van der Waals surface area contributed by atoms with Crippen LogP contribution in [-0.2, 0) is 20.8 Å². The molecule has 5 N–H and O–H groups in total. The van der Waals surface area contributed by atoms with E-state index in [9.17, 15) is 14.4 Å². The highest BCUT2D eigenvalue weighted by molar-refractivity contribution is 5.92. The molecule has 6 heteroatoms. The van der Waals surface area contributed by atoms with Crippen molar-refractivity contribution in [3.63, 3.8) is 0 Å². The van der Waals surface area contributed by atoms with E-state index in [0.717, 1.165) is 5.56 Å². The van der Waals surface area contributed by atoms with Crippen molar-refractivity contribution >= 4 is 17.6 Å². The molecule has 2 amide bonds. The Morgan fingerprint density at radius 1 is 1.12 bits per heavy atom. The van der Waals surface area contributed by atoms with Crippen LogP contribution in [0.25, 0.3) is 0 Å². The van der Waals surface area contributed by atoms with Crippen LogP contribution in [0.1, 0.15) is 45.1 Å². The van der Waals surface area contributed by atoms with Gasteiger partial charge in [0.05, 0.1) is 12.5 Å². The van der Waals surface area contributed by atoms with Crippen molar-refractivity contribution in [3.05, 3.63) is 35.9 Å². The maximum Gasteiger partial charge on any atom is 0.224 e. The first-order valence-corrected chi connectivity index (χ1v) is 9.18.